The smallest absolute Gasteiger partial charge is 0.252 e. The van der Waals surface area contributed by atoms with Crippen LogP contribution in [-0.4, -0.2) is 25.2 Å². The van der Waals surface area contributed by atoms with E-state index in [1.807, 2.05) is 0 Å². The van der Waals surface area contributed by atoms with E-state index in [1.165, 1.54) is 12.8 Å². The molecule has 0 aromatic heterocycles. The maximum atomic E-state index is 12.0. The molecule has 0 heterocycles. The molecule has 0 aliphatic heterocycles. The molecule has 0 radical (unpaired) electrons. The van der Waals surface area contributed by atoms with E-state index in [0.717, 1.165) is 12.8 Å². The molecule has 1 aromatic carbocycles. The van der Waals surface area contributed by atoms with E-state index in [4.69, 9.17) is 10.5 Å². The Balaban J connectivity index is 1.76. The van der Waals surface area contributed by atoms with E-state index in [2.05, 4.69) is 21.2 Å². The third-order valence-corrected chi connectivity index (χ3v) is 4.20. The number of carbonyl (C=O) groups is 1. The fourth-order valence-electron chi connectivity index (χ4n) is 2.27. The van der Waals surface area contributed by atoms with Gasteiger partial charge in [0.15, 0.2) is 0 Å². The number of nitrogen functional groups attached to an aromatic ring is 1. The van der Waals surface area contributed by atoms with Crippen molar-refractivity contribution in [2.24, 2.45) is 0 Å². The number of carbonyl (C=O) groups excluding carboxylic acids is 1. The molecule has 1 amide bonds. The van der Waals surface area contributed by atoms with Gasteiger partial charge in [-0.1, -0.05) is 18.9 Å². The van der Waals surface area contributed by atoms with Gasteiger partial charge < -0.3 is 15.8 Å². The number of nitrogens with one attached hydrogen (secondary N) is 1. The number of amides is 1. The molecule has 5 heteroatoms. The Labute approximate surface area is 121 Å². The van der Waals surface area contributed by atoms with Gasteiger partial charge in [0.05, 0.1) is 22.7 Å². The second-order valence-electron chi connectivity index (χ2n) is 4.74. The molecule has 2 rings (SSSR count). The first-order valence-electron chi connectivity index (χ1n) is 6.62. The van der Waals surface area contributed by atoms with Gasteiger partial charge in [-0.25, -0.2) is 0 Å². The number of rotatable bonds is 5. The van der Waals surface area contributed by atoms with E-state index >= 15 is 0 Å². The van der Waals surface area contributed by atoms with Crippen LogP contribution in [0.2, 0.25) is 0 Å². The zero-order valence-corrected chi connectivity index (χ0v) is 12.4. The highest BCUT2D eigenvalue weighted by Crippen LogP contribution is 2.23. The van der Waals surface area contributed by atoms with Gasteiger partial charge in [0.25, 0.3) is 5.91 Å². The molecule has 3 N–H and O–H groups in total. The van der Waals surface area contributed by atoms with E-state index in [9.17, 15) is 4.79 Å². The standard InChI is InChI=1S/C14H19BrN2O2/c15-13-11(6-3-7-12(13)16)14(18)17-8-9-19-10-4-1-2-5-10/h3,6-7,10H,1-2,4-5,8-9,16H2,(H,17,18). The molecule has 1 saturated carbocycles. The van der Waals surface area contributed by atoms with Crippen molar-refractivity contribution in [3.05, 3.63) is 28.2 Å². The Morgan fingerprint density at radius 2 is 2.16 bits per heavy atom. The van der Waals surface area contributed by atoms with Crippen LogP contribution in [0.15, 0.2) is 22.7 Å². The SMILES string of the molecule is Nc1cccc(C(=O)NCCOC2CCCC2)c1Br. The monoisotopic (exact) mass is 326 g/mol. The van der Waals surface area contributed by atoms with Crippen LogP contribution in [-0.2, 0) is 4.74 Å². The molecule has 0 atom stereocenters. The zero-order chi connectivity index (χ0) is 13.7. The van der Waals surface area contributed by atoms with Crippen molar-refractivity contribution in [2.75, 3.05) is 18.9 Å². The fraction of sp³-hybridized carbons (Fsp3) is 0.500. The first-order chi connectivity index (χ1) is 9.18. The Morgan fingerprint density at radius 3 is 2.89 bits per heavy atom. The van der Waals surface area contributed by atoms with Gasteiger partial charge in [0, 0.05) is 12.2 Å². The highest BCUT2D eigenvalue weighted by atomic mass is 79.9. The van der Waals surface area contributed by atoms with Gasteiger partial charge in [-0.2, -0.15) is 0 Å². The van der Waals surface area contributed by atoms with E-state index < -0.39 is 0 Å². The normalized spacial score (nSPS) is 15.6. The van der Waals surface area contributed by atoms with Crippen molar-refractivity contribution in [3.8, 4) is 0 Å². The average Bonchev–Trinajstić information content (AvgIpc) is 2.91. The number of hydrogen-bond acceptors (Lipinski definition) is 3. The van der Waals surface area contributed by atoms with Crippen molar-refractivity contribution >= 4 is 27.5 Å². The predicted molar refractivity (Wildman–Crippen MR) is 79.1 cm³/mol. The number of anilines is 1. The lowest BCUT2D eigenvalue weighted by molar-refractivity contribution is 0.0581. The summed E-state index contributed by atoms with van der Waals surface area (Å²) in [5.74, 6) is -0.130. The summed E-state index contributed by atoms with van der Waals surface area (Å²) < 4.78 is 6.33. The molecule has 0 bridgehead atoms. The number of benzene rings is 1. The number of ether oxygens (including phenoxy) is 1. The molecule has 1 fully saturated rings. The molecule has 1 aliphatic rings. The lowest BCUT2D eigenvalue weighted by Crippen LogP contribution is -2.28. The molecule has 1 aliphatic carbocycles. The minimum absolute atomic E-state index is 0.130. The van der Waals surface area contributed by atoms with Crippen molar-refractivity contribution in [3.63, 3.8) is 0 Å². The highest BCUT2D eigenvalue weighted by Gasteiger charge is 2.15. The highest BCUT2D eigenvalue weighted by molar-refractivity contribution is 9.10. The second kappa shape index (κ2) is 6.91. The fourth-order valence-corrected chi connectivity index (χ4v) is 2.71. The third-order valence-electron chi connectivity index (χ3n) is 3.32. The molecule has 0 unspecified atom stereocenters. The van der Waals surface area contributed by atoms with Crippen LogP contribution in [0.25, 0.3) is 0 Å². The number of nitrogens with two attached hydrogens (primary N) is 1. The minimum atomic E-state index is -0.130. The largest absolute Gasteiger partial charge is 0.398 e. The van der Waals surface area contributed by atoms with Crippen LogP contribution >= 0.6 is 15.9 Å². The first kappa shape index (κ1) is 14.3. The van der Waals surface area contributed by atoms with Gasteiger partial charge in [0.2, 0.25) is 0 Å². The summed E-state index contributed by atoms with van der Waals surface area (Å²) in [7, 11) is 0. The van der Waals surface area contributed by atoms with Crippen LogP contribution in [0.1, 0.15) is 36.0 Å². The van der Waals surface area contributed by atoms with Crippen molar-refractivity contribution < 1.29 is 9.53 Å². The van der Waals surface area contributed by atoms with E-state index in [1.54, 1.807) is 18.2 Å². The summed E-state index contributed by atoms with van der Waals surface area (Å²) >= 11 is 3.33. The van der Waals surface area contributed by atoms with E-state index in [0.29, 0.717) is 35.0 Å². The molecular formula is C14H19BrN2O2. The van der Waals surface area contributed by atoms with Gasteiger partial charge in [-0.15, -0.1) is 0 Å². The Kier molecular flexibility index (Phi) is 5.22. The first-order valence-corrected chi connectivity index (χ1v) is 7.41. The summed E-state index contributed by atoms with van der Waals surface area (Å²) in [5, 5.41) is 2.84. The van der Waals surface area contributed by atoms with E-state index in [-0.39, 0.29) is 5.91 Å². The van der Waals surface area contributed by atoms with Gasteiger partial charge >= 0.3 is 0 Å². The maximum Gasteiger partial charge on any atom is 0.252 e. The summed E-state index contributed by atoms with van der Waals surface area (Å²) in [5.41, 5.74) is 6.87. The Bertz CT molecular complexity index is 445. The van der Waals surface area contributed by atoms with Crippen LogP contribution in [0, 0.1) is 0 Å². The van der Waals surface area contributed by atoms with Gasteiger partial charge in [-0.05, 0) is 40.9 Å². The predicted octanol–water partition coefficient (Wildman–Crippen LogP) is 2.72. The number of hydrogen-bond donors (Lipinski definition) is 2. The third kappa shape index (κ3) is 3.94. The van der Waals surface area contributed by atoms with Crippen molar-refractivity contribution in [2.45, 2.75) is 31.8 Å². The summed E-state index contributed by atoms with van der Waals surface area (Å²) in [6, 6.07) is 5.27. The second-order valence-corrected chi connectivity index (χ2v) is 5.53. The Morgan fingerprint density at radius 1 is 1.42 bits per heavy atom. The summed E-state index contributed by atoms with van der Waals surface area (Å²) in [6.07, 6.45) is 5.19. The summed E-state index contributed by atoms with van der Waals surface area (Å²) in [4.78, 5) is 12.0. The van der Waals surface area contributed by atoms with Crippen LogP contribution in [0.5, 0.6) is 0 Å². The van der Waals surface area contributed by atoms with Crippen molar-refractivity contribution in [1.82, 2.24) is 5.32 Å². The minimum Gasteiger partial charge on any atom is -0.398 e. The Hall–Kier alpha value is -1.07. The van der Waals surface area contributed by atoms with Crippen LogP contribution in [0.4, 0.5) is 5.69 Å². The molecule has 104 valence electrons. The van der Waals surface area contributed by atoms with Crippen LogP contribution < -0.4 is 11.1 Å². The molecular weight excluding hydrogens is 308 g/mol. The maximum absolute atomic E-state index is 12.0. The topological polar surface area (TPSA) is 64.4 Å². The van der Waals surface area contributed by atoms with Crippen molar-refractivity contribution in [1.29, 1.82) is 0 Å². The quantitative estimate of drug-likeness (QED) is 0.646. The molecule has 1 aromatic rings. The summed E-state index contributed by atoms with van der Waals surface area (Å²) in [6.45, 7) is 1.09. The van der Waals surface area contributed by atoms with Gasteiger partial charge in [-0.3, -0.25) is 4.79 Å². The molecule has 19 heavy (non-hydrogen) atoms. The average molecular weight is 327 g/mol. The lowest BCUT2D eigenvalue weighted by Gasteiger charge is -2.12. The molecule has 0 spiro atoms. The molecule has 4 nitrogen and oxygen atoms in total. The number of halogens is 1. The lowest BCUT2D eigenvalue weighted by atomic mass is 10.2. The van der Waals surface area contributed by atoms with Gasteiger partial charge in [0.1, 0.15) is 0 Å². The van der Waals surface area contributed by atoms with Crippen LogP contribution in [0.3, 0.4) is 0 Å². The zero-order valence-electron chi connectivity index (χ0n) is 10.8. The molecule has 0 saturated heterocycles.